The third-order valence-corrected chi connectivity index (χ3v) is 5.57. The number of aliphatic hydroxyl groups excluding tert-OH is 1. The minimum absolute atomic E-state index is 0. The molecule has 25 heavy (non-hydrogen) atoms. The molecule has 5 nitrogen and oxygen atoms in total. The molecular formula is C19H41IN4O. The largest absolute Gasteiger partial charge is 0.396 e. The van der Waals surface area contributed by atoms with E-state index in [9.17, 15) is 5.11 Å². The van der Waals surface area contributed by atoms with Crippen molar-refractivity contribution in [2.75, 3.05) is 39.8 Å². The van der Waals surface area contributed by atoms with E-state index in [1.165, 1.54) is 38.5 Å². The number of aliphatic imine (C=N–C) groups is 1. The number of rotatable bonds is 10. The number of guanidine groups is 1. The zero-order valence-electron chi connectivity index (χ0n) is 16.8. The summed E-state index contributed by atoms with van der Waals surface area (Å²) < 4.78 is 0. The Morgan fingerprint density at radius 3 is 2.44 bits per heavy atom. The summed E-state index contributed by atoms with van der Waals surface area (Å²) in [6.07, 6.45) is 8.34. The molecule has 0 bridgehead atoms. The number of likely N-dealkylation sites (N-methyl/N-ethyl adjacent to an activating group) is 1. The molecule has 0 aromatic heterocycles. The van der Waals surface area contributed by atoms with Gasteiger partial charge in [0.25, 0.3) is 0 Å². The number of nitrogens with zero attached hydrogens (tertiary/aromatic N) is 2. The van der Waals surface area contributed by atoms with Crippen molar-refractivity contribution in [2.45, 2.75) is 71.8 Å². The van der Waals surface area contributed by atoms with Crippen LogP contribution in [0.4, 0.5) is 0 Å². The number of hydrogen-bond donors (Lipinski definition) is 3. The van der Waals surface area contributed by atoms with Gasteiger partial charge in [-0.25, -0.2) is 0 Å². The molecule has 1 aliphatic rings. The Balaban J connectivity index is 0.00000576. The maximum Gasteiger partial charge on any atom is 0.191 e. The van der Waals surface area contributed by atoms with Crippen molar-refractivity contribution >= 4 is 29.9 Å². The van der Waals surface area contributed by atoms with Crippen molar-refractivity contribution in [2.24, 2.45) is 10.4 Å². The molecule has 1 fully saturated rings. The van der Waals surface area contributed by atoms with Gasteiger partial charge in [0.2, 0.25) is 0 Å². The summed E-state index contributed by atoms with van der Waals surface area (Å²) in [4.78, 5) is 7.23. The molecule has 0 aromatic rings. The van der Waals surface area contributed by atoms with Gasteiger partial charge in [-0.15, -0.1) is 24.0 Å². The summed E-state index contributed by atoms with van der Waals surface area (Å²) in [7, 11) is 2.18. The van der Waals surface area contributed by atoms with Crippen LogP contribution >= 0.6 is 24.0 Å². The SMILES string of the molecule is CCNC(=NCC1(CCO)CCCCC1)NCCN(C)C(C)CC.I. The summed E-state index contributed by atoms with van der Waals surface area (Å²) in [6.45, 7) is 10.5. The van der Waals surface area contributed by atoms with Crippen molar-refractivity contribution in [1.29, 1.82) is 0 Å². The molecule has 0 aromatic carbocycles. The van der Waals surface area contributed by atoms with Crippen LogP contribution in [-0.2, 0) is 0 Å². The molecule has 3 N–H and O–H groups in total. The van der Waals surface area contributed by atoms with Crippen LogP contribution in [0.25, 0.3) is 0 Å². The summed E-state index contributed by atoms with van der Waals surface area (Å²) in [5, 5.41) is 16.3. The molecule has 1 atom stereocenters. The fraction of sp³-hybridized carbons (Fsp3) is 0.947. The molecule has 1 aliphatic carbocycles. The van der Waals surface area contributed by atoms with Gasteiger partial charge in [-0.05, 0) is 52.0 Å². The minimum atomic E-state index is 0. The van der Waals surface area contributed by atoms with Crippen molar-refractivity contribution in [3.05, 3.63) is 0 Å². The van der Waals surface area contributed by atoms with E-state index in [1.807, 2.05) is 0 Å². The quantitative estimate of drug-likeness (QED) is 0.262. The van der Waals surface area contributed by atoms with E-state index in [4.69, 9.17) is 4.99 Å². The van der Waals surface area contributed by atoms with Crippen LogP contribution in [0.15, 0.2) is 4.99 Å². The minimum Gasteiger partial charge on any atom is -0.396 e. The van der Waals surface area contributed by atoms with E-state index in [0.29, 0.717) is 6.04 Å². The van der Waals surface area contributed by atoms with Crippen molar-refractivity contribution < 1.29 is 5.11 Å². The molecule has 150 valence electrons. The molecule has 1 rings (SSSR count). The van der Waals surface area contributed by atoms with Gasteiger partial charge in [0, 0.05) is 38.8 Å². The maximum atomic E-state index is 9.44. The molecule has 6 heteroatoms. The number of halogens is 1. The van der Waals surface area contributed by atoms with Gasteiger partial charge in [0.1, 0.15) is 0 Å². The van der Waals surface area contributed by atoms with Gasteiger partial charge in [0.15, 0.2) is 5.96 Å². The Bertz CT molecular complexity index is 354. The lowest BCUT2D eigenvalue weighted by Crippen LogP contribution is -2.43. The molecule has 0 aliphatic heterocycles. The van der Waals surface area contributed by atoms with Crippen molar-refractivity contribution in [3.63, 3.8) is 0 Å². The zero-order chi connectivity index (χ0) is 17.8. The van der Waals surface area contributed by atoms with Crippen LogP contribution in [0.2, 0.25) is 0 Å². The normalized spacial score (nSPS) is 18.6. The van der Waals surface area contributed by atoms with Crippen LogP contribution in [0.3, 0.4) is 0 Å². The standard InChI is InChI=1S/C19H40N4O.HI/c1-5-17(3)23(4)14-13-21-18(20-6-2)22-16-19(12-15-24)10-8-7-9-11-19;/h17,24H,5-16H2,1-4H3,(H2,20,21,22);1H. The van der Waals surface area contributed by atoms with Gasteiger partial charge < -0.3 is 20.6 Å². The molecule has 0 heterocycles. The van der Waals surface area contributed by atoms with Crippen molar-refractivity contribution in [1.82, 2.24) is 15.5 Å². The Hall–Kier alpha value is -0.0800. The topological polar surface area (TPSA) is 59.9 Å². The van der Waals surface area contributed by atoms with Crippen LogP contribution < -0.4 is 10.6 Å². The van der Waals surface area contributed by atoms with Gasteiger partial charge in [0.05, 0.1) is 0 Å². The number of nitrogens with one attached hydrogen (secondary N) is 2. The lowest BCUT2D eigenvalue weighted by molar-refractivity contribution is 0.137. The Kier molecular flexibility index (Phi) is 14.0. The first-order valence-corrected chi connectivity index (χ1v) is 9.90. The number of aliphatic hydroxyl groups is 1. The Morgan fingerprint density at radius 2 is 1.88 bits per heavy atom. The van der Waals surface area contributed by atoms with E-state index < -0.39 is 0 Å². The van der Waals surface area contributed by atoms with Crippen LogP contribution in [0.5, 0.6) is 0 Å². The van der Waals surface area contributed by atoms with Gasteiger partial charge in [-0.2, -0.15) is 0 Å². The van der Waals surface area contributed by atoms with Crippen LogP contribution in [0, 0.1) is 5.41 Å². The van der Waals surface area contributed by atoms with E-state index in [1.54, 1.807) is 0 Å². The Labute approximate surface area is 172 Å². The average Bonchev–Trinajstić information content (AvgIpc) is 2.60. The lowest BCUT2D eigenvalue weighted by Gasteiger charge is -2.35. The highest BCUT2D eigenvalue weighted by Gasteiger charge is 2.31. The highest BCUT2D eigenvalue weighted by atomic mass is 127. The third-order valence-electron chi connectivity index (χ3n) is 5.57. The lowest BCUT2D eigenvalue weighted by atomic mass is 9.72. The average molecular weight is 468 g/mol. The van der Waals surface area contributed by atoms with Crippen molar-refractivity contribution in [3.8, 4) is 0 Å². The second kappa shape index (κ2) is 14.0. The summed E-state index contributed by atoms with van der Waals surface area (Å²) in [6, 6.07) is 0.612. The van der Waals surface area contributed by atoms with Gasteiger partial charge in [-0.1, -0.05) is 26.2 Å². The first kappa shape index (κ1) is 24.9. The predicted octanol–water partition coefficient (Wildman–Crippen LogP) is 3.22. The molecular weight excluding hydrogens is 427 g/mol. The van der Waals surface area contributed by atoms with Crippen LogP contribution in [-0.4, -0.2) is 61.8 Å². The molecule has 0 amide bonds. The number of hydrogen-bond acceptors (Lipinski definition) is 3. The second-order valence-corrected chi connectivity index (χ2v) is 7.39. The monoisotopic (exact) mass is 468 g/mol. The molecule has 1 saturated carbocycles. The first-order valence-electron chi connectivity index (χ1n) is 9.90. The van der Waals surface area contributed by atoms with E-state index in [2.05, 4.69) is 43.4 Å². The second-order valence-electron chi connectivity index (χ2n) is 7.39. The summed E-state index contributed by atoms with van der Waals surface area (Å²) in [5.74, 6) is 0.915. The highest BCUT2D eigenvalue weighted by molar-refractivity contribution is 14.0. The first-order chi connectivity index (χ1) is 11.6. The molecule has 1 unspecified atom stereocenters. The smallest absolute Gasteiger partial charge is 0.191 e. The maximum absolute atomic E-state index is 9.44. The van der Waals surface area contributed by atoms with E-state index in [-0.39, 0.29) is 36.0 Å². The fourth-order valence-electron chi connectivity index (χ4n) is 3.50. The zero-order valence-corrected chi connectivity index (χ0v) is 19.1. The summed E-state index contributed by atoms with van der Waals surface area (Å²) >= 11 is 0. The van der Waals surface area contributed by atoms with Gasteiger partial charge >= 0.3 is 0 Å². The van der Waals surface area contributed by atoms with Gasteiger partial charge in [-0.3, -0.25) is 4.99 Å². The van der Waals surface area contributed by atoms with Crippen LogP contribution in [0.1, 0.15) is 65.7 Å². The molecule has 0 radical (unpaired) electrons. The van der Waals surface area contributed by atoms with E-state index >= 15 is 0 Å². The predicted molar refractivity (Wildman–Crippen MR) is 119 cm³/mol. The third kappa shape index (κ3) is 9.43. The van der Waals surface area contributed by atoms with E-state index in [0.717, 1.165) is 38.6 Å². The molecule has 0 saturated heterocycles. The molecule has 0 spiro atoms. The summed E-state index contributed by atoms with van der Waals surface area (Å²) in [5.41, 5.74) is 0.211. The Morgan fingerprint density at radius 1 is 1.20 bits per heavy atom. The highest BCUT2D eigenvalue weighted by Crippen LogP contribution is 2.39. The fourth-order valence-corrected chi connectivity index (χ4v) is 3.50.